The fraction of sp³-hybridized carbons (Fsp3) is 0.385. The van der Waals surface area contributed by atoms with Crippen LogP contribution >= 0.6 is 12.6 Å². The second-order valence-electron chi connectivity index (χ2n) is 3.86. The number of thiol groups is 1. The summed E-state index contributed by atoms with van der Waals surface area (Å²) in [4.78, 5) is 14.1. The molecule has 0 saturated carbocycles. The van der Waals surface area contributed by atoms with Gasteiger partial charge in [0.15, 0.2) is 0 Å². The highest BCUT2D eigenvalue weighted by Crippen LogP contribution is 2.15. The van der Waals surface area contributed by atoms with Crippen molar-refractivity contribution < 1.29 is 13.9 Å². The van der Waals surface area contributed by atoms with Gasteiger partial charge >= 0.3 is 0 Å². The van der Waals surface area contributed by atoms with E-state index in [1.807, 2.05) is 6.07 Å². The Morgan fingerprint density at radius 2 is 2.26 bits per heavy atom. The van der Waals surface area contributed by atoms with Gasteiger partial charge in [0.05, 0.1) is 24.7 Å². The number of nitrogens with zero attached hydrogens (tertiary/aromatic N) is 2. The predicted molar refractivity (Wildman–Crippen MR) is 71.7 cm³/mol. The quantitative estimate of drug-likeness (QED) is 0.813. The molecule has 1 rings (SSSR count). The topological polar surface area (TPSA) is 53.3 Å². The number of rotatable bonds is 6. The Morgan fingerprint density at radius 1 is 1.53 bits per heavy atom. The molecule has 0 unspecified atom stereocenters. The van der Waals surface area contributed by atoms with E-state index in [1.54, 1.807) is 0 Å². The summed E-state index contributed by atoms with van der Waals surface area (Å²) < 4.78 is 18.6. The van der Waals surface area contributed by atoms with Crippen LogP contribution in [0.4, 0.5) is 4.39 Å². The summed E-state index contributed by atoms with van der Waals surface area (Å²) in [5.74, 6) is -1.05. The highest BCUT2D eigenvalue weighted by molar-refractivity contribution is 7.80. The van der Waals surface area contributed by atoms with Gasteiger partial charge in [-0.1, -0.05) is 0 Å². The van der Waals surface area contributed by atoms with Crippen LogP contribution in [0.2, 0.25) is 0 Å². The Labute approximate surface area is 117 Å². The predicted octanol–water partition coefficient (Wildman–Crippen LogP) is 2.12. The molecule has 0 aromatic heterocycles. The highest BCUT2D eigenvalue weighted by atomic mass is 32.1. The van der Waals surface area contributed by atoms with E-state index in [0.717, 1.165) is 0 Å². The number of ether oxygens (including phenoxy) is 1. The van der Waals surface area contributed by atoms with Crippen LogP contribution in [0, 0.1) is 17.1 Å². The molecule has 0 spiro atoms. The van der Waals surface area contributed by atoms with Gasteiger partial charge in [0.1, 0.15) is 5.82 Å². The normalized spacial score (nSPS) is 10.0. The molecule has 0 radical (unpaired) electrons. The largest absolute Gasteiger partial charge is 0.383 e. The summed E-state index contributed by atoms with van der Waals surface area (Å²) in [5, 5.41) is 8.59. The van der Waals surface area contributed by atoms with E-state index >= 15 is 0 Å². The second-order valence-corrected chi connectivity index (χ2v) is 4.37. The Balaban J connectivity index is 2.91. The molecular weight excluding hydrogens is 267 g/mol. The summed E-state index contributed by atoms with van der Waals surface area (Å²) in [6.45, 7) is 0.890. The summed E-state index contributed by atoms with van der Waals surface area (Å²) in [6.07, 6.45) is 0.192. The average molecular weight is 282 g/mol. The van der Waals surface area contributed by atoms with E-state index in [4.69, 9.17) is 10.00 Å². The fourth-order valence-electron chi connectivity index (χ4n) is 1.55. The first kappa shape index (κ1) is 15.5. The van der Waals surface area contributed by atoms with Crippen LogP contribution in [0.15, 0.2) is 23.1 Å². The zero-order valence-corrected chi connectivity index (χ0v) is 11.5. The van der Waals surface area contributed by atoms with E-state index < -0.39 is 11.7 Å². The third-order valence-corrected chi connectivity index (χ3v) is 2.80. The molecule has 1 aromatic carbocycles. The first-order valence-corrected chi connectivity index (χ1v) is 6.18. The second kappa shape index (κ2) is 7.77. The molecule has 0 fully saturated rings. The Kier molecular flexibility index (Phi) is 6.33. The minimum Gasteiger partial charge on any atom is -0.383 e. The molecule has 4 nitrogen and oxygen atoms in total. The molecule has 19 heavy (non-hydrogen) atoms. The molecular formula is C13H15FN2O2S. The lowest BCUT2D eigenvalue weighted by Crippen LogP contribution is -2.35. The lowest BCUT2D eigenvalue weighted by molar-refractivity contribution is 0.0695. The van der Waals surface area contributed by atoms with Gasteiger partial charge in [-0.15, -0.1) is 12.6 Å². The van der Waals surface area contributed by atoms with Crippen molar-refractivity contribution in [2.24, 2.45) is 0 Å². The number of methoxy groups -OCH3 is 1. The number of carbonyl (C=O) groups excluding carboxylic acids is 1. The summed E-state index contributed by atoms with van der Waals surface area (Å²) in [6, 6.07) is 6.02. The number of amides is 1. The minimum atomic E-state index is -0.595. The molecule has 0 saturated heterocycles. The summed E-state index contributed by atoms with van der Waals surface area (Å²) in [5.41, 5.74) is -0.0402. The molecule has 0 bridgehead atoms. The third-order valence-electron chi connectivity index (χ3n) is 2.53. The number of halogens is 1. The van der Waals surface area contributed by atoms with Gasteiger partial charge in [-0.3, -0.25) is 4.79 Å². The van der Waals surface area contributed by atoms with Crippen LogP contribution < -0.4 is 0 Å². The molecule has 1 amide bonds. The van der Waals surface area contributed by atoms with Crippen molar-refractivity contribution in [1.82, 2.24) is 4.90 Å². The van der Waals surface area contributed by atoms with Gasteiger partial charge in [-0.05, 0) is 18.2 Å². The van der Waals surface area contributed by atoms with Gasteiger partial charge in [-0.2, -0.15) is 5.26 Å². The zero-order valence-electron chi connectivity index (χ0n) is 10.6. The van der Waals surface area contributed by atoms with E-state index in [2.05, 4.69) is 12.6 Å². The molecule has 1 aromatic rings. The Hall–Kier alpha value is -1.58. The number of carbonyl (C=O) groups is 1. The average Bonchev–Trinajstić information content (AvgIpc) is 2.41. The number of nitriles is 1. The maximum Gasteiger partial charge on any atom is 0.256 e. The van der Waals surface area contributed by atoms with Crippen molar-refractivity contribution in [3.63, 3.8) is 0 Å². The van der Waals surface area contributed by atoms with E-state index in [-0.39, 0.29) is 18.5 Å². The highest BCUT2D eigenvalue weighted by Gasteiger charge is 2.19. The molecule has 0 aliphatic carbocycles. The van der Waals surface area contributed by atoms with Crippen LogP contribution in [-0.4, -0.2) is 37.6 Å². The number of hydrogen-bond donors (Lipinski definition) is 1. The molecule has 0 atom stereocenters. The molecule has 6 heteroatoms. The lowest BCUT2D eigenvalue weighted by atomic mass is 10.1. The van der Waals surface area contributed by atoms with Crippen molar-refractivity contribution in [2.75, 3.05) is 26.8 Å². The van der Waals surface area contributed by atoms with Crippen molar-refractivity contribution in [1.29, 1.82) is 5.26 Å². The SMILES string of the molecule is COCCN(CCC#N)C(=O)c1cc(S)ccc1F. The zero-order chi connectivity index (χ0) is 14.3. The number of hydrogen-bond acceptors (Lipinski definition) is 4. The molecule has 0 aliphatic rings. The molecule has 0 N–H and O–H groups in total. The van der Waals surface area contributed by atoms with Gasteiger partial charge in [0.2, 0.25) is 0 Å². The van der Waals surface area contributed by atoms with E-state index in [9.17, 15) is 9.18 Å². The van der Waals surface area contributed by atoms with E-state index in [1.165, 1.54) is 30.2 Å². The lowest BCUT2D eigenvalue weighted by Gasteiger charge is -2.21. The maximum absolute atomic E-state index is 13.6. The van der Waals surface area contributed by atoms with E-state index in [0.29, 0.717) is 18.0 Å². The van der Waals surface area contributed by atoms with Crippen LogP contribution in [0.1, 0.15) is 16.8 Å². The Morgan fingerprint density at radius 3 is 2.89 bits per heavy atom. The maximum atomic E-state index is 13.6. The summed E-state index contributed by atoms with van der Waals surface area (Å²) in [7, 11) is 1.52. The minimum absolute atomic E-state index is 0.0402. The van der Waals surface area contributed by atoms with Crippen molar-refractivity contribution in [3.05, 3.63) is 29.6 Å². The molecule has 102 valence electrons. The van der Waals surface area contributed by atoms with Crippen LogP contribution in [0.25, 0.3) is 0 Å². The van der Waals surface area contributed by atoms with Gasteiger partial charge in [-0.25, -0.2) is 4.39 Å². The smallest absolute Gasteiger partial charge is 0.256 e. The van der Waals surface area contributed by atoms with Gasteiger partial charge < -0.3 is 9.64 Å². The van der Waals surface area contributed by atoms with Gasteiger partial charge in [0.25, 0.3) is 5.91 Å². The van der Waals surface area contributed by atoms with Crippen LogP contribution in [-0.2, 0) is 4.74 Å². The first-order chi connectivity index (χ1) is 9.10. The monoisotopic (exact) mass is 282 g/mol. The van der Waals surface area contributed by atoms with Crippen molar-refractivity contribution in [2.45, 2.75) is 11.3 Å². The Bertz CT molecular complexity index is 488. The standard InChI is InChI=1S/C13H15FN2O2S/c1-18-8-7-16(6-2-5-15)13(17)11-9-10(19)3-4-12(11)14/h3-4,9,19H,2,6-8H2,1H3. The van der Waals surface area contributed by atoms with Crippen molar-refractivity contribution in [3.8, 4) is 6.07 Å². The first-order valence-electron chi connectivity index (χ1n) is 5.73. The molecule has 0 aliphatic heterocycles. The van der Waals surface area contributed by atoms with Crippen LogP contribution in [0.5, 0.6) is 0 Å². The number of benzene rings is 1. The summed E-state index contributed by atoms with van der Waals surface area (Å²) >= 11 is 4.09. The van der Waals surface area contributed by atoms with Gasteiger partial charge in [0, 0.05) is 25.1 Å². The van der Waals surface area contributed by atoms with Crippen LogP contribution in [0.3, 0.4) is 0 Å². The van der Waals surface area contributed by atoms with Crippen molar-refractivity contribution >= 4 is 18.5 Å². The fourth-order valence-corrected chi connectivity index (χ4v) is 1.75. The molecule has 0 heterocycles. The third kappa shape index (κ3) is 4.54.